The molecule has 0 aromatic heterocycles. The number of carbonyl (C=O) groups excluding carboxylic acids is 2. The fourth-order valence-electron chi connectivity index (χ4n) is 4.62. The number of nitrogens with zero attached hydrogens (tertiary/aromatic N) is 1. The van der Waals surface area contributed by atoms with Gasteiger partial charge in [0.25, 0.3) is 0 Å². The number of rotatable bonds is 7. The van der Waals surface area contributed by atoms with E-state index in [2.05, 4.69) is 23.4 Å². The number of carboxylic acids is 1. The second-order valence-electron chi connectivity index (χ2n) is 8.29. The van der Waals surface area contributed by atoms with Crippen molar-refractivity contribution in [3.8, 4) is 23.5 Å². The number of alkyl carbamates (subject to hydrolysis) is 1. The van der Waals surface area contributed by atoms with Gasteiger partial charge in [0.1, 0.15) is 12.6 Å². The van der Waals surface area contributed by atoms with Gasteiger partial charge < -0.3 is 20.1 Å². The highest BCUT2D eigenvalue weighted by molar-refractivity contribution is 7.99. The summed E-state index contributed by atoms with van der Waals surface area (Å²) in [4.78, 5) is 38.6. The lowest BCUT2D eigenvalue weighted by Crippen LogP contribution is -2.55. The lowest BCUT2D eigenvalue weighted by molar-refractivity contribution is -0.141. The van der Waals surface area contributed by atoms with Crippen molar-refractivity contribution in [1.82, 2.24) is 10.2 Å². The summed E-state index contributed by atoms with van der Waals surface area (Å²) in [5.74, 6) is 2.23. The number of aliphatic carboxylic acids is 1. The molecule has 7 nitrogen and oxygen atoms in total. The van der Waals surface area contributed by atoms with E-state index in [1.165, 1.54) is 4.90 Å². The Morgan fingerprint density at radius 3 is 2.41 bits per heavy atom. The number of fused-ring (bicyclic) bond motifs is 3. The second-order valence-corrected chi connectivity index (χ2v) is 9.44. The van der Waals surface area contributed by atoms with E-state index in [4.69, 9.17) is 11.2 Å². The van der Waals surface area contributed by atoms with Gasteiger partial charge in [-0.05, 0) is 22.3 Å². The predicted octanol–water partition coefficient (Wildman–Crippen LogP) is 3.34. The topological polar surface area (TPSA) is 95.9 Å². The third-order valence-electron chi connectivity index (χ3n) is 6.18. The summed E-state index contributed by atoms with van der Waals surface area (Å²) in [6, 6.07) is 14.7. The van der Waals surface area contributed by atoms with E-state index < -0.39 is 24.1 Å². The summed E-state index contributed by atoms with van der Waals surface area (Å²) in [5, 5.41) is 11.8. The molecule has 2 N–H and O–H groups in total. The molecule has 0 bridgehead atoms. The van der Waals surface area contributed by atoms with Crippen LogP contribution in [0.1, 0.15) is 29.9 Å². The summed E-state index contributed by atoms with van der Waals surface area (Å²) in [6.45, 7) is 0.535. The second kappa shape index (κ2) is 10.7. The van der Waals surface area contributed by atoms with Crippen LogP contribution < -0.4 is 5.32 Å². The lowest BCUT2D eigenvalue weighted by atomic mass is 9.98. The van der Waals surface area contributed by atoms with E-state index in [0.29, 0.717) is 18.1 Å². The quantitative estimate of drug-likeness (QED) is 0.593. The average molecular weight is 479 g/mol. The zero-order chi connectivity index (χ0) is 24.1. The zero-order valence-corrected chi connectivity index (χ0v) is 19.4. The number of amides is 2. The number of hydrogen-bond donors (Lipinski definition) is 2. The fraction of sp³-hybridized carbons (Fsp3) is 0.346. The monoisotopic (exact) mass is 478 g/mol. The first-order valence-corrected chi connectivity index (χ1v) is 12.3. The summed E-state index contributed by atoms with van der Waals surface area (Å²) in [5.41, 5.74) is 4.44. The van der Waals surface area contributed by atoms with Crippen molar-refractivity contribution in [3.63, 3.8) is 0 Å². The Balaban J connectivity index is 1.42. The zero-order valence-electron chi connectivity index (χ0n) is 18.6. The Kier molecular flexibility index (Phi) is 7.43. The summed E-state index contributed by atoms with van der Waals surface area (Å²) in [7, 11) is 0. The number of ether oxygens (including phenoxy) is 1. The molecule has 2 amide bonds. The van der Waals surface area contributed by atoms with Gasteiger partial charge in [0.15, 0.2) is 0 Å². The van der Waals surface area contributed by atoms with Crippen LogP contribution in [0.4, 0.5) is 4.79 Å². The van der Waals surface area contributed by atoms with E-state index in [9.17, 15) is 19.5 Å². The van der Waals surface area contributed by atoms with Gasteiger partial charge in [0, 0.05) is 30.4 Å². The first kappa shape index (κ1) is 23.7. The molecule has 2 aromatic carbocycles. The van der Waals surface area contributed by atoms with Gasteiger partial charge in [-0.2, -0.15) is 11.8 Å². The van der Waals surface area contributed by atoms with Crippen LogP contribution in [0.5, 0.6) is 0 Å². The average Bonchev–Trinajstić information content (AvgIpc) is 3.16. The van der Waals surface area contributed by atoms with E-state index >= 15 is 0 Å². The summed E-state index contributed by atoms with van der Waals surface area (Å²) in [6.07, 6.45) is 4.58. The van der Waals surface area contributed by atoms with Crippen LogP contribution in [0.25, 0.3) is 11.1 Å². The molecule has 2 unspecified atom stereocenters. The molecular formula is C26H26N2O5S. The largest absolute Gasteiger partial charge is 0.481 e. The number of terminal acetylenes is 1. The molecule has 8 heteroatoms. The van der Waals surface area contributed by atoms with Crippen molar-refractivity contribution < 1.29 is 24.2 Å². The van der Waals surface area contributed by atoms with Crippen molar-refractivity contribution in [2.24, 2.45) is 0 Å². The molecule has 1 fully saturated rings. The molecule has 2 aromatic rings. The molecule has 0 saturated carbocycles. The Morgan fingerprint density at radius 2 is 1.79 bits per heavy atom. The Labute approximate surface area is 202 Å². The van der Waals surface area contributed by atoms with E-state index in [1.807, 2.05) is 36.4 Å². The molecule has 34 heavy (non-hydrogen) atoms. The van der Waals surface area contributed by atoms with Gasteiger partial charge in [-0.15, -0.1) is 12.3 Å². The number of benzene rings is 2. The van der Waals surface area contributed by atoms with Crippen molar-refractivity contribution in [1.29, 1.82) is 0 Å². The lowest BCUT2D eigenvalue weighted by Gasteiger charge is -2.36. The van der Waals surface area contributed by atoms with Crippen LogP contribution in [0.3, 0.4) is 0 Å². The van der Waals surface area contributed by atoms with E-state index in [0.717, 1.165) is 22.3 Å². The van der Waals surface area contributed by atoms with Crippen LogP contribution in [0, 0.1) is 12.3 Å². The minimum atomic E-state index is -0.972. The van der Waals surface area contributed by atoms with Crippen molar-refractivity contribution in [2.45, 2.75) is 30.8 Å². The summed E-state index contributed by atoms with van der Waals surface area (Å²) >= 11 is 1.61. The maximum Gasteiger partial charge on any atom is 0.407 e. The maximum atomic E-state index is 13.2. The number of carbonyl (C=O) groups is 3. The molecule has 1 aliphatic heterocycles. The Hall–Kier alpha value is -3.44. The van der Waals surface area contributed by atoms with Crippen LogP contribution in [0.15, 0.2) is 48.5 Å². The molecule has 4 rings (SSSR count). The number of hydrogen-bond acceptors (Lipinski definition) is 5. The van der Waals surface area contributed by atoms with Gasteiger partial charge >= 0.3 is 12.1 Å². The van der Waals surface area contributed by atoms with Crippen LogP contribution in [-0.4, -0.2) is 64.7 Å². The van der Waals surface area contributed by atoms with Crippen LogP contribution in [0.2, 0.25) is 0 Å². The Morgan fingerprint density at radius 1 is 1.15 bits per heavy atom. The highest BCUT2D eigenvalue weighted by Gasteiger charge is 2.34. The molecular weight excluding hydrogens is 452 g/mol. The Bertz CT molecular complexity index is 1080. The van der Waals surface area contributed by atoms with E-state index in [-0.39, 0.29) is 31.3 Å². The SMILES string of the molecule is C#CCC(NC(=O)OCC1c2ccccc2-c2ccccc21)C(=O)N1CCSCC1CC(=O)O. The van der Waals surface area contributed by atoms with Gasteiger partial charge in [0.05, 0.1) is 12.5 Å². The molecule has 1 heterocycles. The highest BCUT2D eigenvalue weighted by atomic mass is 32.2. The number of carboxylic acid groups (broad SMARTS) is 1. The molecule has 0 spiro atoms. The number of nitrogens with one attached hydrogen (secondary N) is 1. The van der Waals surface area contributed by atoms with Crippen molar-refractivity contribution in [2.75, 3.05) is 24.7 Å². The normalized spacial score (nSPS) is 17.7. The number of thioether (sulfide) groups is 1. The third kappa shape index (κ3) is 5.05. The van der Waals surface area contributed by atoms with Gasteiger partial charge in [-0.1, -0.05) is 48.5 Å². The van der Waals surface area contributed by atoms with Crippen LogP contribution >= 0.6 is 11.8 Å². The molecule has 0 radical (unpaired) electrons. The predicted molar refractivity (Wildman–Crippen MR) is 131 cm³/mol. The first-order valence-electron chi connectivity index (χ1n) is 11.1. The van der Waals surface area contributed by atoms with Crippen LogP contribution in [-0.2, 0) is 14.3 Å². The minimum absolute atomic E-state index is 0.00748. The van der Waals surface area contributed by atoms with Gasteiger partial charge in [-0.3, -0.25) is 9.59 Å². The molecule has 2 aliphatic rings. The standard InChI is InChI=1S/C26H26N2O5S/c1-2-7-23(25(31)28-12-13-34-16-17(28)14-24(29)30)27-26(32)33-15-22-20-10-5-3-8-18(20)19-9-4-6-11-21(19)22/h1,3-6,8-11,17,22-23H,7,12-16H2,(H,27,32)(H,29,30). The minimum Gasteiger partial charge on any atom is -0.481 e. The highest BCUT2D eigenvalue weighted by Crippen LogP contribution is 2.44. The van der Waals surface area contributed by atoms with E-state index in [1.54, 1.807) is 11.8 Å². The fourth-order valence-corrected chi connectivity index (χ4v) is 5.68. The molecule has 2 atom stereocenters. The first-order chi connectivity index (χ1) is 16.5. The van der Waals surface area contributed by atoms with Gasteiger partial charge in [-0.25, -0.2) is 4.79 Å². The summed E-state index contributed by atoms with van der Waals surface area (Å²) < 4.78 is 5.56. The third-order valence-corrected chi connectivity index (χ3v) is 7.27. The van der Waals surface area contributed by atoms with Gasteiger partial charge in [0.2, 0.25) is 5.91 Å². The maximum absolute atomic E-state index is 13.2. The van der Waals surface area contributed by atoms with Crippen molar-refractivity contribution >= 4 is 29.7 Å². The molecule has 1 aliphatic carbocycles. The molecule has 1 saturated heterocycles. The van der Waals surface area contributed by atoms with Crippen molar-refractivity contribution in [3.05, 3.63) is 59.7 Å². The smallest absolute Gasteiger partial charge is 0.407 e. The molecule has 176 valence electrons.